The molecule has 2 amide bonds. The molecule has 28 heavy (non-hydrogen) atoms. The average molecular weight is 404 g/mol. The van der Waals surface area contributed by atoms with E-state index in [0.717, 1.165) is 0 Å². The molecule has 3 rings (SSSR count). The smallest absolute Gasteiger partial charge is 0.350 e. The van der Waals surface area contributed by atoms with Crippen molar-refractivity contribution in [2.45, 2.75) is 0 Å². The third-order valence-electron chi connectivity index (χ3n) is 4.37. The number of H-pyrrole nitrogens is 1. The van der Waals surface area contributed by atoms with E-state index in [2.05, 4.69) is 10.3 Å². The number of hydrogen-bond donors (Lipinski definition) is 2. The van der Waals surface area contributed by atoms with Gasteiger partial charge in [0.2, 0.25) is 11.5 Å². The first kappa shape index (κ1) is 19.8. The number of aromatic amines is 1. The highest BCUT2D eigenvalue weighted by Crippen LogP contribution is 2.23. The van der Waals surface area contributed by atoms with Gasteiger partial charge in [-0.25, -0.2) is 4.79 Å². The monoisotopic (exact) mass is 404 g/mol. The number of ether oxygens (including phenoxy) is 1. The number of hydrogen-bond acceptors (Lipinski definition) is 7. The summed E-state index contributed by atoms with van der Waals surface area (Å²) < 4.78 is 4.70. The van der Waals surface area contributed by atoms with Crippen LogP contribution >= 0.6 is 11.3 Å². The molecule has 2 aromatic heterocycles. The maximum absolute atomic E-state index is 12.4. The predicted octanol–water partition coefficient (Wildman–Crippen LogP) is 0.619. The van der Waals surface area contributed by atoms with E-state index >= 15 is 0 Å². The molecule has 0 atom stereocenters. The van der Waals surface area contributed by atoms with Gasteiger partial charge in [0.15, 0.2) is 0 Å². The van der Waals surface area contributed by atoms with Gasteiger partial charge in [-0.3, -0.25) is 19.3 Å². The number of nitrogens with one attached hydrogen (secondary N) is 2. The third-order valence-corrected chi connectivity index (χ3v) is 5.26. The number of amides is 2. The number of pyridine rings is 1. The molecular formula is C18H20N4O5S. The largest absolute Gasteiger partial charge is 0.465 e. The number of nitrogens with zero attached hydrogens (tertiary/aromatic N) is 2. The second kappa shape index (κ2) is 8.81. The van der Waals surface area contributed by atoms with Crippen LogP contribution in [0, 0.1) is 0 Å². The summed E-state index contributed by atoms with van der Waals surface area (Å²) in [5.74, 6) is -0.870. The Morgan fingerprint density at radius 3 is 2.57 bits per heavy atom. The van der Waals surface area contributed by atoms with Gasteiger partial charge in [0.1, 0.15) is 4.88 Å². The molecule has 1 aliphatic heterocycles. The van der Waals surface area contributed by atoms with E-state index in [1.807, 2.05) is 4.90 Å². The van der Waals surface area contributed by atoms with E-state index in [1.54, 1.807) is 16.3 Å². The third kappa shape index (κ3) is 4.65. The van der Waals surface area contributed by atoms with Gasteiger partial charge in [-0.05, 0) is 17.5 Å². The Kier molecular flexibility index (Phi) is 6.22. The van der Waals surface area contributed by atoms with Crippen molar-refractivity contribution in [2.75, 3.05) is 45.2 Å². The van der Waals surface area contributed by atoms with Crippen LogP contribution in [0.15, 0.2) is 34.6 Å². The Morgan fingerprint density at radius 1 is 1.18 bits per heavy atom. The van der Waals surface area contributed by atoms with E-state index in [1.165, 1.54) is 36.8 Å². The molecule has 1 fully saturated rings. The van der Waals surface area contributed by atoms with Gasteiger partial charge < -0.3 is 19.9 Å². The highest BCUT2D eigenvalue weighted by molar-refractivity contribution is 7.12. The molecule has 0 saturated carbocycles. The highest BCUT2D eigenvalue weighted by Gasteiger charge is 2.24. The number of anilines is 1. The fraction of sp³-hybridized carbons (Fsp3) is 0.333. The van der Waals surface area contributed by atoms with Crippen molar-refractivity contribution in [3.05, 3.63) is 50.6 Å². The predicted molar refractivity (Wildman–Crippen MR) is 104 cm³/mol. The summed E-state index contributed by atoms with van der Waals surface area (Å²) in [6.45, 7) is 2.23. The molecule has 0 unspecified atom stereocenters. The van der Waals surface area contributed by atoms with Gasteiger partial charge in [0.25, 0.3) is 5.91 Å². The molecule has 9 nitrogen and oxygen atoms in total. The zero-order valence-corrected chi connectivity index (χ0v) is 16.1. The number of carbonyl (C=O) groups excluding carboxylic acids is 3. The van der Waals surface area contributed by atoms with Gasteiger partial charge in [0.05, 0.1) is 24.9 Å². The quantitative estimate of drug-likeness (QED) is 0.707. The first-order valence-electron chi connectivity index (χ1n) is 8.64. The minimum Gasteiger partial charge on any atom is -0.465 e. The van der Waals surface area contributed by atoms with Crippen molar-refractivity contribution in [3.63, 3.8) is 0 Å². The topological polar surface area (TPSA) is 112 Å². The van der Waals surface area contributed by atoms with E-state index in [4.69, 9.17) is 4.74 Å². The molecule has 2 aromatic rings. The first-order valence-corrected chi connectivity index (χ1v) is 9.52. The number of carbonyl (C=O) groups is 3. The Bertz CT molecular complexity index is 910. The number of rotatable bonds is 5. The van der Waals surface area contributed by atoms with Crippen LogP contribution < -0.4 is 10.9 Å². The summed E-state index contributed by atoms with van der Waals surface area (Å²) in [7, 11) is 1.29. The molecule has 0 aromatic carbocycles. The zero-order valence-electron chi connectivity index (χ0n) is 15.3. The van der Waals surface area contributed by atoms with Gasteiger partial charge in [0, 0.05) is 38.4 Å². The molecule has 3 heterocycles. The molecule has 1 aliphatic rings. The summed E-state index contributed by atoms with van der Waals surface area (Å²) >= 11 is 1.20. The first-order chi connectivity index (χ1) is 13.5. The van der Waals surface area contributed by atoms with Crippen molar-refractivity contribution in [3.8, 4) is 0 Å². The van der Waals surface area contributed by atoms with Crippen molar-refractivity contribution in [1.82, 2.24) is 14.8 Å². The summed E-state index contributed by atoms with van der Waals surface area (Å²) in [6, 6.07) is 4.48. The Balaban J connectivity index is 1.50. The molecule has 1 saturated heterocycles. The molecule has 0 spiro atoms. The molecule has 10 heteroatoms. The summed E-state index contributed by atoms with van der Waals surface area (Å²) in [6.07, 6.45) is 1.41. The number of aromatic nitrogens is 1. The van der Waals surface area contributed by atoms with Crippen LogP contribution in [0.1, 0.15) is 20.0 Å². The lowest BCUT2D eigenvalue weighted by atomic mass is 10.2. The van der Waals surface area contributed by atoms with Crippen molar-refractivity contribution in [2.24, 2.45) is 0 Å². The van der Waals surface area contributed by atoms with Crippen molar-refractivity contribution in [1.29, 1.82) is 0 Å². The summed E-state index contributed by atoms with van der Waals surface area (Å²) in [4.78, 5) is 54.0. The number of thiophene rings is 1. The molecule has 0 bridgehead atoms. The van der Waals surface area contributed by atoms with E-state index in [9.17, 15) is 19.2 Å². The van der Waals surface area contributed by atoms with E-state index in [0.29, 0.717) is 42.3 Å². The number of methoxy groups -OCH3 is 1. The lowest BCUT2D eigenvalue weighted by Crippen LogP contribution is -2.50. The Morgan fingerprint density at radius 2 is 1.93 bits per heavy atom. The van der Waals surface area contributed by atoms with Gasteiger partial charge in [-0.2, -0.15) is 0 Å². The minimum atomic E-state index is -0.486. The highest BCUT2D eigenvalue weighted by atomic mass is 32.1. The lowest BCUT2D eigenvalue weighted by Gasteiger charge is -2.34. The van der Waals surface area contributed by atoms with Gasteiger partial charge >= 0.3 is 5.97 Å². The lowest BCUT2D eigenvalue weighted by molar-refractivity contribution is -0.117. The van der Waals surface area contributed by atoms with Gasteiger partial charge in [-0.15, -0.1) is 11.3 Å². The maximum Gasteiger partial charge on any atom is 0.350 e. The number of piperazine rings is 1. The van der Waals surface area contributed by atoms with Crippen LogP contribution in [0.3, 0.4) is 0 Å². The van der Waals surface area contributed by atoms with Crippen LogP contribution in [0.2, 0.25) is 0 Å². The van der Waals surface area contributed by atoms with Crippen LogP contribution in [0.4, 0.5) is 5.69 Å². The zero-order chi connectivity index (χ0) is 20.1. The fourth-order valence-corrected chi connectivity index (χ4v) is 3.65. The average Bonchev–Trinajstić information content (AvgIpc) is 3.16. The number of esters is 1. The normalized spacial score (nSPS) is 14.5. The SMILES string of the molecule is COC(=O)c1sccc1NC(=O)CN1CCN(C(=O)c2ccc(=O)[nH]c2)CC1. The van der Waals surface area contributed by atoms with Crippen LogP contribution in [0.25, 0.3) is 0 Å². The molecule has 0 aliphatic carbocycles. The minimum absolute atomic E-state index is 0.152. The van der Waals surface area contributed by atoms with E-state index < -0.39 is 5.97 Å². The molecule has 148 valence electrons. The van der Waals surface area contributed by atoms with Crippen molar-refractivity contribution >= 4 is 34.8 Å². The Hall–Kier alpha value is -2.98. The van der Waals surface area contributed by atoms with Crippen molar-refractivity contribution < 1.29 is 19.1 Å². The van der Waals surface area contributed by atoms with Crippen LogP contribution in [0.5, 0.6) is 0 Å². The summed E-state index contributed by atoms with van der Waals surface area (Å²) in [5, 5.41) is 4.44. The second-order valence-corrected chi connectivity index (χ2v) is 7.13. The molecular weight excluding hydrogens is 384 g/mol. The second-order valence-electron chi connectivity index (χ2n) is 6.21. The van der Waals surface area contributed by atoms with Crippen LogP contribution in [-0.4, -0.2) is 72.4 Å². The van der Waals surface area contributed by atoms with Gasteiger partial charge in [-0.1, -0.05) is 0 Å². The van der Waals surface area contributed by atoms with Crippen LogP contribution in [-0.2, 0) is 9.53 Å². The maximum atomic E-state index is 12.4. The summed E-state index contributed by atoms with van der Waals surface area (Å²) in [5.41, 5.74) is 0.612. The Labute approximate surface area is 164 Å². The molecule has 2 N–H and O–H groups in total. The molecule has 0 radical (unpaired) electrons. The standard InChI is InChI=1S/C18H20N4O5S/c1-27-18(26)16-13(4-9-28-16)20-15(24)11-21-5-7-22(8-6-21)17(25)12-2-3-14(23)19-10-12/h2-4,9-10H,5-8,11H2,1H3,(H,19,23)(H,20,24). The fourth-order valence-electron chi connectivity index (χ4n) is 2.89. The van der Waals surface area contributed by atoms with E-state index in [-0.39, 0.29) is 23.9 Å².